The van der Waals surface area contributed by atoms with Gasteiger partial charge in [0.2, 0.25) is 0 Å². The van der Waals surface area contributed by atoms with Gasteiger partial charge in [-0.25, -0.2) is 0 Å². The predicted molar refractivity (Wildman–Crippen MR) is 103 cm³/mol. The highest BCUT2D eigenvalue weighted by Crippen LogP contribution is 2.43. The molecule has 0 spiro atoms. The molecule has 0 saturated heterocycles. The molecule has 4 nitrogen and oxygen atoms in total. The lowest BCUT2D eigenvalue weighted by Gasteiger charge is -2.20. The Kier molecular flexibility index (Phi) is 6.31. The SMILES string of the molecule is CCOc1c(C(C)Cl)cc(Cl)c(C)c1-c1ccc(C(=O)N(C)C)nc1. The molecule has 6 heteroatoms. The molecule has 0 fully saturated rings. The zero-order valence-electron chi connectivity index (χ0n) is 15.1. The lowest BCUT2D eigenvalue weighted by Crippen LogP contribution is -2.22. The predicted octanol–water partition coefficient (Wildman–Crippen LogP) is 5.11. The van der Waals surface area contributed by atoms with Gasteiger partial charge in [-0.1, -0.05) is 17.7 Å². The second kappa shape index (κ2) is 8.07. The Morgan fingerprint density at radius 2 is 2.04 bits per heavy atom. The zero-order chi connectivity index (χ0) is 18.7. The van der Waals surface area contributed by atoms with Crippen LogP contribution in [-0.4, -0.2) is 36.5 Å². The van der Waals surface area contributed by atoms with Crippen LogP contribution < -0.4 is 4.74 Å². The summed E-state index contributed by atoms with van der Waals surface area (Å²) in [5.74, 6) is 0.565. The number of ether oxygens (including phenoxy) is 1. The molecule has 0 N–H and O–H groups in total. The van der Waals surface area contributed by atoms with Crippen molar-refractivity contribution in [2.45, 2.75) is 26.1 Å². The number of pyridine rings is 1. The van der Waals surface area contributed by atoms with E-state index in [2.05, 4.69) is 4.98 Å². The molecule has 1 heterocycles. The van der Waals surface area contributed by atoms with E-state index in [9.17, 15) is 4.79 Å². The van der Waals surface area contributed by atoms with E-state index in [4.69, 9.17) is 27.9 Å². The Morgan fingerprint density at radius 1 is 1.36 bits per heavy atom. The van der Waals surface area contributed by atoms with Crippen molar-refractivity contribution in [3.63, 3.8) is 0 Å². The molecule has 1 aromatic carbocycles. The largest absolute Gasteiger partial charge is 0.493 e. The molecule has 0 bridgehead atoms. The van der Waals surface area contributed by atoms with Crippen LogP contribution in [-0.2, 0) is 0 Å². The molecule has 1 unspecified atom stereocenters. The number of carbonyl (C=O) groups is 1. The lowest BCUT2D eigenvalue weighted by atomic mass is 9.96. The van der Waals surface area contributed by atoms with E-state index < -0.39 is 0 Å². The van der Waals surface area contributed by atoms with Gasteiger partial charge in [0.05, 0.1) is 12.0 Å². The van der Waals surface area contributed by atoms with Crippen molar-refractivity contribution in [3.8, 4) is 16.9 Å². The van der Waals surface area contributed by atoms with Crippen LogP contribution in [0, 0.1) is 6.92 Å². The van der Waals surface area contributed by atoms with Crippen LogP contribution in [0.2, 0.25) is 5.02 Å². The van der Waals surface area contributed by atoms with Crippen molar-refractivity contribution >= 4 is 29.1 Å². The van der Waals surface area contributed by atoms with E-state index in [1.807, 2.05) is 32.9 Å². The maximum absolute atomic E-state index is 12.0. The number of halogens is 2. The van der Waals surface area contributed by atoms with Crippen LogP contribution >= 0.6 is 23.2 Å². The van der Waals surface area contributed by atoms with E-state index >= 15 is 0 Å². The second-order valence-corrected chi connectivity index (χ2v) is 7.02. The first-order valence-corrected chi connectivity index (χ1v) is 8.87. The van der Waals surface area contributed by atoms with Gasteiger partial charge < -0.3 is 9.64 Å². The van der Waals surface area contributed by atoms with Crippen LogP contribution in [0.15, 0.2) is 24.4 Å². The van der Waals surface area contributed by atoms with Gasteiger partial charge in [0.15, 0.2) is 0 Å². The van der Waals surface area contributed by atoms with Crippen molar-refractivity contribution in [1.82, 2.24) is 9.88 Å². The summed E-state index contributed by atoms with van der Waals surface area (Å²) in [7, 11) is 3.39. The number of hydrogen-bond acceptors (Lipinski definition) is 3. The molecular formula is C19H22Cl2N2O2. The van der Waals surface area contributed by atoms with Crippen LogP contribution in [0.25, 0.3) is 11.1 Å². The molecule has 1 aromatic heterocycles. The lowest BCUT2D eigenvalue weighted by molar-refractivity contribution is 0.0822. The van der Waals surface area contributed by atoms with E-state index in [0.29, 0.717) is 23.1 Å². The zero-order valence-corrected chi connectivity index (χ0v) is 16.6. The Bertz CT molecular complexity index is 772. The monoisotopic (exact) mass is 380 g/mol. The summed E-state index contributed by atoms with van der Waals surface area (Å²) in [5, 5.41) is 0.371. The highest BCUT2D eigenvalue weighted by atomic mass is 35.5. The summed E-state index contributed by atoms with van der Waals surface area (Å²) in [6.07, 6.45) is 1.67. The van der Waals surface area contributed by atoms with Crippen molar-refractivity contribution in [3.05, 3.63) is 46.2 Å². The molecule has 0 saturated carbocycles. The summed E-state index contributed by atoms with van der Waals surface area (Å²) in [4.78, 5) is 17.8. The van der Waals surface area contributed by atoms with E-state index in [0.717, 1.165) is 22.3 Å². The normalized spacial score (nSPS) is 12.0. The first-order valence-electron chi connectivity index (χ1n) is 8.05. The Hall–Kier alpha value is -1.78. The molecule has 2 aromatic rings. The van der Waals surface area contributed by atoms with Gasteiger partial charge in [0.25, 0.3) is 5.91 Å². The van der Waals surface area contributed by atoms with E-state index in [1.54, 1.807) is 26.4 Å². The summed E-state index contributed by atoms with van der Waals surface area (Å²) in [6, 6.07) is 5.41. The van der Waals surface area contributed by atoms with Gasteiger partial charge in [-0.05, 0) is 38.5 Å². The topological polar surface area (TPSA) is 42.4 Å². The molecule has 2 rings (SSSR count). The molecule has 0 aliphatic heterocycles. The number of nitrogens with zero attached hydrogens (tertiary/aromatic N) is 2. The first kappa shape index (κ1) is 19.5. The van der Waals surface area contributed by atoms with E-state index in [-0.39, 0.29) is 11.3 Å². The number of amides is 1. The standard InChI is InChI=1S/C19H22Cl2N2O2/c1-6-25-18-14(12(3)20)9-15(21)11(2)17(18)13-7-8-16(22-10-13)19(24)23(4)5/h7-10,12H,6H2,1-5H3. The number of aromatic nitrogens is 1. The molecule has 134 valence electrons. The minimum absolute atomic E-state index is 0.144. The smallest absolute Gasteiger partial charge is 0.271 e. The van der Waals surface area contributed by atoms with Gasteiger partial charge >= 0.3 is 0 Å². The fourth-order valence-electron chi connectivity index (χ4n) is 2.58. The van der Waals surface area contributed by atoms with Crippen LogP contribution in [0.5, 0.6) is 5.75 Å². The fraction of sp³-hybridized carbons (Fsp3) is 0.368. The minimum atomic E-state index is -0.249. The second-order valence-electron chi connectivity index (χ2n) is 5.96. The minimum Gasteiger partial charge on any atom is -0.493 e. The summed E-state index contributed by atoms with van der Waals surface area (Å²) in [6.45, 7) is 6.25. The van der Waals surface area contributed by atoms with E-state index in [1.165, 1.54) is 4.90 Å². The van der Waals surface area contributed by atoms with Gasteiger partial charge in [-0.2, -0.15) is 0 Å². The number of rotatable bonds is 5. The molecule has 0 aliphatic carbocycles. The summed E-state index contributed by atoms with van der Waals surface area (Å²) in [5.41, 5.74) is 3.80. The maximum Gasteiger partial charge on any atom is 0.271 e. The average Bonchev–Trinajstić information content (AvgIpc) is 2.57. The van der Waals surface area contributed by atoms with Crippen molar-refractivity contribution in [2.24, 2.45) is 0 Å². The number of carbonyl (C=O) groups excluding carboxylic acids is 1. The molecule has 0 radical (unpaired) electrons. The Balaban J connectivity index is 2.63. The van der Waals surface area contributed by atoms with Crippen LogP contribution in [0.1, 0.15) is 40.8 Å². The molecule has 0 aliphatic rings. The molecule has 25 heavy (non-hydrogen) atoms. The Labute approximate surface area is 158 Å². The van der Waals surface area contributed by atoms with Gasteiger partial charge in [-0.15, -0.1) is 11.6 Å². The van der Waals surface area contributed by atoms with Crippen molar-refractivity contribution in [2.75, 3.05) is 20.7 Å². The average molecular weight is 381 g/mol. The third kappa shape index (κ3) is 4.07. The third-order valence-corrected chi connectivity index (χ3v) is 4.53. The highest BCUT2D eigenvalue weighted by molar-refractivity contribution is 6.32. The third-order valence-electron chi connectivity index (χ3n) is 3.90. The van der Waals surface area contributed by atoms with Gasteiger partial charge in [-0.3, -0.25) is 9.78 Å². The van der Waals surface area contributed by atoms with Gasteiger partial charge in [0, 0.05) is 42.0 Å². The Morgan fingerprint density at radius 3 is 2.52 bits per heavy atom. The van der Waals surface area contributed by atoms with Crippen molar-refractivity contribution in [1.29, 1.82) is 0 Å². The van der Waals surface area contributed by atoms with Gasteiger partial charge in [0.1, 0.15) is 11.4 Å². The molecule has 1 atom stereocenters. The van der Waals surface area contributed by atoms with Crippen LogP contribution in [0.3, 0.4) is 0 Å². The number of hydrogen-bond donors (Lipinski definition) is 0. The quantitative estimate of drug-likeness (QED) is 0.676. The fourth-order valence-corrected chi connectivity index (χ4v) is 2.96. The summed E-state index contributed by atoms with van der Waals surface area (Å²) < 4.78 is 5.89. The maximum atomic E-state index is 12.0. The van der Waals surface area contributed by atoms with Crippen molar-refractivity contribution < 1.29 is 9.53 Å². The highest BCUT2D eigenvalue weighted by Gasteiger charge is 2.21. The summed E-state index contributed by atoms with van der Waals surface area (Å²) >= 11 is 12.7. The van der Waals surface area contributed by atoms with Crippen LogP contribution in [0.4, 0.5) is 0 Å². The number of benzene rings is 1. The molecule has 1 amide bonds. The first-order chi connectivity index (χ1) is 11.8. The molecular weight excluding hydrogens is 359 g/mol. The number of alkyl halides is 1.